The Balaban J connectivity index is 1.43. The molecule has 0 saturated heterocycles. The second-order valence-electron chi connectivity index (χ2n) is 11.4. The van der Waals surface area contributed by atoms with E-state index in [1.807, 2.05) is 0 Å². The predicted molar refractivity (Wildman–Crippen MR) is 145 cm³/mol. The Morgan fingerprint density at radius 1 is 1.07 bits per heavy atom. The SMILES string of the molecule is COC(=O)[C@@H](CC(=O)N1CCc2cc(OCc3ccc(C4CC4)c(C(F)(F)F)c3)ccc21)N(C)C(=O)OC(C)(C)C. The van der Waals surface area contributed by atoms with Crippen molar-refractivity contribution < 1.29 is 41.8 Å². The summed E-state index contributed by atoms with van der Waals surface area (Å²) >= 11 is 0. The summed E-state index contributed by atoms with van der Waals surface area (Å²) in [5.74, 6) is -0.674. The minimum atomic E-state index is -4.42. The molecule has 4 rings (SSSR count). The van der Waals surface area contributed by atoms with Crippen LogP contribution in [0.1, 0.15) is 68.2 Å². The second-order valence-corrected chi connectivity index (χ2v) is 11.4. The van der Waals surface area contributed by atoms with E-state index in [0.717, 1.165) is 29.4 Å². The van der Waals surface area contributed by atoms with Crippen LogP contribution in [0.3, 0.4) is 0 Å². The van der Waals surface area contributed by atoms with Gasteiger partial charge in [-0.15, -0.1) is 0 Å². The number of nitrogens with zero attached hydrogens (tertiary/aromatic N) is 2. The van der Waals surface area contributed by atoms with Crippen molar-refractivity contribution in [1.29, 1.82) is 0 Å². The minimum absolute atomic E-state index is 0.0235. The number of halogens is 3. The van der Waals surface area contributed by atoms with Gasteiger partial charge in [0.25, 0.3) is 0 Å². The first-order valence-corrected chi connectivity index (χ1v) is 13.5. The molecule has 0 radical (unpaired) electrons. The van der Waals surface area contributed by atoms with Crippen molar-refractivity contribution >= 4 is 23.7 Å². The number of methoxy groups -OCH3 is 1. The van der Waals surface area contributed by atoms with Crippen molar-refractivity contribution in [2.45, 2.75) is 76.8 Å². The molecule has 1 fully saturated rings. The van der Waals surface area contributed by atoms with Gasteiger partial charge in [0.1, 0.15) is 24.0 Å². The number of benzene rings is 2. The molecule has 0 bridgehead atoms. The highest BCUT2D eigenvalue weighted by atomic mass is 19.4. The highest BCUT2D eigenvalue weighted by molar-refractivity contribution is 5.98. The first kappa shape index (κ1) is 30.2. The molecule has 2 aliphatic rings. The zero-order chi connectivity index (χ0) is 30.1. The van der Waals surface area contributed by atoms with Crippen LogP contribution in [0.2, 0.25) is 0 Å². The average Bonchev–Trinajstić information content (AvgIpc) is 3.66. The van der Waals surface area contributed by atoms with Gasteiger partial charge in [0.15, 0.2) is 0 Å². The third-order valence-corrected chi connectivity index (χ3v) is 7.08. The van der Waals surface area contributed by atoms with Crippen LogP contribution in [0.5, 0.6) is 5.75 Å². The number of ether oxygens (including phenoxy) is 3. The van der Waals surface area contributed by atoms with Gasteiger partial charge in [0, 0.05) is 19.3 Å². The van der Waals surface area contributed by atoms with Crippen LogP contribution < -0.4 is 9.64 Å². The third kappa shape index (κ3) is 7.31. The van der Waals surface area contributed by atoms with Gasteiger partial charge in [-0.2, -0.15) is 13.2 Å². The molecule has 1 atom stereocenters. The molecule has 8 nitrogen and oxygen atoms in total. The molecule has 11 heteroatoms. The number of carbonyl (C=O) groups excluding carboxylic acids is 3. The van der Waals surface area contributed by atoms with Crippen LogP contribution in [0.15, 0.2) is 36.4 Å². The number of carbonyl (C=O) groups is 3. The number of likely N-dealkylation sites (N-methyl/N-ethyl adjacent to an activating group) is 1. The monoisotopic (exact) mass is 576 g/mol. The van der Waals surface area contributed by atoms with Gasteiger partial charge in [0.2, 0.25) is 5.91 Å². The van der Waals surface area contributed by atoms with Crippen LogP contribution in [0.25, 0.3) is 0 Å². The van der Waals surface area contributed by atoms with Crippen LogP contribution in [0, 0.1) is 0 Å². The molecule has 0 unspecified atom stereocenters. The summed E-state index contributed by atoms with van der Waals surface area (Å²) < 4.78 is 56.8. The van der Waals surface area contributed by atoms with E-state index in [1.165, 1.54) is 19.1 Å². The van der Waals surface area contributed by atoms with E-state index in [4.69, 9.17) is 14.2 Å². The molecule has 2 aromatic rings. The molecule has 1 saturated carbocycles. The molecule has 2 aromatic carbocycles. The first-order valence-electron chi connectivity index (χ1n) is 13.5. The molecule has 1 aliphatic heterocycles. The van der Waals surface area contributed by atoms with E-state index in [9.17, 15) is 27.6 Å². The maximum atomic E-state index is 13.6. The zero-order valence-corrected chi connectivity index (χ0v) is 23.8. The van der Waals surface area contributed by atoms with E-state index >= 15 is 0 Å². The fraction of sp³-hybridized carbons (Fsp3) is 0.500. The van der Waals surface area contributed by atoms with Crippen LogP contribution in [-0.4, -0.2) is 55.2 Å². The standard InChI is InChI=1S/C30H35F3N2O6/c1-29(2,3)41-28(38)34(4)25(27(37)39-5)16-26(36)35-13-12-20-15-21(9-11-24(20)35)40-17-18-6-10-22(19-7-8-19)23(14-18)30(31,32)33/h6,9-11,14-15,19,25H,7-8,12-13,16-17H2,1-5H3/t25-/m1/s1. The molecule has 0 N–H and O–H groups in total. The smallest absolute Gasteiger partial charge is 0.416 e. The largest absolute Gasteiger partial charge is 0.489 e. The Morgan fingerprint density at radius 2 is 1.78 bits per heavy atom. The summed E-state index contributed by atoms with van der Waals surface area (Å²) in [7, 11) is 2.56. The van der Waals surface area contributed by atoms with E-state index in [1.54, 1.807) is 51.1 Å². The fourth-order valence-electron chi connectivity index (χ4n) is 4.83. The molecular formula is C30H35F3N2O6. The van der Waals surface area contributed by atoms with E-state index in [-0.39, 0.29) is 24.9 Å². The Hall–Kier alpha value is -3.76. The Kier molecular flexibility index (Phi) is 8.56. The summed E-state index contributed by atoms with van der Waals surface area (Å²) in [4.78, 5) is 40.9. The average molecular weight is 577 g/mol. The summed E-state index contributed by atoms with van der Waals surface area (Å²) in [6.45, 7) is 5.41. The molecule has 2 amide bonds. The Morgan fingerprint density at radius 3 is 2.39 bits per heavy atom. The number of rotatable bonds is 8. The summed E-state index contributed by atoms with van der Waals surface area (Å²) in [5.41, 5.74) is 0.832. The normalized spacial score (nSPS) is 15.7. The highest BCUT2D eigenvalue weighted by Crippen LogP contribution is 2.46. The van der Waals surface area contributed by atoms with Crippen molar-refractivity contribution in [3.8, 4) is 5.75 Å². The molecule has 222 valence electrons. The molecule has 0 spiro atoms. The van der Waals surface area contributed by atoms with Crippen LogP contribution >= 0.6 is 0 Å². The number of anilines is 1. The third-order valence-electron chi connectivity index (χ3n) is 7.08. The number of alkyl halides is 3. The highest BCUT2D eigenvalue weighted by Gasteiger charge is 2.38. The van der Waals surface area contributed by atoms with Gasteiger partial charge < -0.3 is 19.1 Å². The Labute approximate surface area is 237 Å². The number of amides is 2. The maximum absolute atomic E-state index is 13.6. The van der Waals surface area contributed by atoms with Gasteiger partial charge in [-0.25, -0.2) is 9.59 Å². The predicted octanol–water partition coefficient (Wildman–Crippen LogP) is 5.85. The second kappa shape index (κ2) is 11.6. The quantitative estimate of drug-likeness (QED) is 0.367. The maximum Gasteiger partial charge on any atom is 0.416 e. The van der Waals surface area contributed by atoms with E-state index in [2.05, 4.69) is 0 Å². The van der Waals surface area contributed by atoms with Crippen molar-refractivity contribution in [2.75, 3.05) is 25.6 Å². The molecule has 1 aliphatic carbocycles. The first-order chi connectivity index (χ1) is 19.2. The minimum Gasteiger partial charge on any atom is -0.489 e. The number of fused-ring (bicyclic) bond motifs is 1. The summed E-state index contributed by atoms with van der Waals surface area (Å²) in [6, 6.07) is 8.32. The Bertz CT molecular complexity index is 1320. The topological polar surface area (TPSA) is 85.4 Å². The number of hydrogen-bond acceptors (Lipinski definition) is 6. The lowest BCUT2D eigenvalue weighted by Gasteiger charge is -2.30. The van der Waals surface area contributed by atoms with Gasteiger partial charge in [-0.05, 0) is 86.9 Å². The lowest BCUT2D eigenvalue weighted by Crippen LogP contribution is -2.48. The fourth-order valence-corrected chi connectivity index (χ4v) is 4.83. The van der Waals surface area contributed by atoms with Crippen LogP contribution in [0.4, 0.5) is 23.7 Å². The molecule has 0 aromatic heterocycles. The lowest BCUT2D eigenvalue weighted by atomic mass is 10.00. The molecule has 41 heavy (non-hydrogen) atoms. The molecule has 1 heterocycles. The van der Waals surface area contributed by atoms with E-state index < -0.39 is 35.4 Å². The van der Waals surface area contributed by atoms with Gasteiger partial charge in [-0.1, -0.05) is 12.1 Å². The summed E-state index contributed by atoms with van der Waals surface area (Å²) in [6.07, 6.45) is -3.41. The van der Waals surface area contributed by atoms with Crippen molar-refractivity contribution in [1.82, 2.24) is 4.90 Å². The van der Waals surface area contributed by atoms with Crippen molar-refractivity contribution in [3.05, 3.63) is 58.7 Å². The van der Waals surface area contributed by atoms with Crippen molar-refractivity contribution in [2.24, 2.45) is 0 Å². The summed E-state index contributed by atoms with van der Waals surface area (Å²) in [5, 5.41) is 0. The number of esters is 1. The van der Waals surface area contributed by atoms with Gasteiger partial charge >= 0.3 is 18.2 Å². The van der Waals surface area contributed by atoms with Crippen molar-refractivity contribution in [3.63, 3.8) is 0 Å². The molecular weight excluding hydrogens is 541 g/mol. The number of hydrogen-bond donors (Lipinski definition) is 0. The van der Waals surface area contributed by atoms with Crippen LogP contribution in [-0.2, 0) is 38.3 Å². The van der Waals surface area contributed by atoms with E-state index in [0.29, 0.717) is 35.5 Å². The lowest BCUT2D eigenvalue weighted by molar-refractivity contribution is -0.148. The zero-order valence-electron chi connectivity index (χ0n) is 23.8. The van der Waals surface area contributed by atoms with Gasteiger partial charge in [-0.3, -0.25) is 9.69 Å². The van der Waals surface area contributed by atoms with Gasteiger partial charge in [0.05, 0.1) is 19.1 Å².